The van der Waals surface area contributed by atoms with Crippen LogP contribution in [0.2, 0.25) is 5.02 Å². The van der Waals surface area contributed by atoms with Gasteiger partial charge in [-0.25, -0.2) is 4.79 Å². The Morgan fingerprint density at radius 2 is 1.89 bits per heavy atom. The van der Waals surface area contributed by atoms with Crippen molar-refractivity contribution < 1.29 is 18.7 Å². The highest BCUT2D eigenvalue weighted by molar-refractivity contribution is 6.33. The molecule has 3 aromatic rings. The summed E-state index contributed by atoms with van der Waals surface area (Å²) in [5.74, 6) is 2.53. The minimum absolute atomic E-state index is 0.122. The molecule has 138 valence electrons. The molecule has 0 unspecified atom stereocenters. The molecule has 0 saturated carbocycles. The number of ketones is 1. The van der Waals surface area contributed by atoms with Gasteiger partial charge in [0.25, 0.3) is 0 Å². The van der Waals surface area contributed by atoms with Crippen molar-refractivity contribution in [3.63, 3.8) is 0 Å². The first-order valence-corrected chi connectivity index (χ1v) is 8.74. The van der Waals surface area contributed by atoms with Gasteiger partial charge in [0.1, 0.15) is 11.5 Å². The number of furan rings is 1. The largest absolute Gasteiger partial charge is 0.457 e. The van der Waals surface area contributed by atoms with E-state index in [1.54, 1.807) is 60.7 Å². The second kappa shape index (κ2) is 8.90. The van der Waals surface area contributed by atoms with E-state index in [0.29, 0.717) is 22.6 Å². The van der Waals surface area contributed by atoms with Gasteiger partial charge in [0, 0.05) is 11.1 Å². The molecule has 0 fully saturated rings. The van der Waals surface area contributed by atoms with E-state index in [2.05, 4.69) is 5.92 Å². The summed E-state index contributed by atoms with van der Waals surface area (Å²) < 4.78 is 10.7. The summed E-state index contributed by atoms with van der Waals surface area (Å²) in [5.41, 5.74) is 1.44. The molecule has 0 aliphatic heterocycles. The molecule has 0 saturated heterocycles. The summed E-state index contributed by atoms with van der Waals surface area (Å²) in [6.07, 6.45) is 8.14. The van der Waals surface area contributed by atoms with E-state index in [-0.39, 0.29) is 23.0 Å². The van der Waals surface area contributed by atoms with Crippen LogP contribution in [0, 0.1) is 12.3 Å². The van der Waals surface area contributed by atoms with Gasteiger partial charge in [0.2, 0.25) is 0 Å². The maximum atomic E-state index is 12.1. The van der Waals surface area contributed by atoms with E-state index in [0.717, 1.165) is 0 Å². The number of rotatable bonds is 6. The van der Waals surface area contributed by atoms with Crippen molar-refractivity contribution in [3.8, 4) is 23.7 Å². The second-order valence-electron chi connectivity index (χ2n) is 5.74. The highest BCUT2D eigenvalue weighted by atomic mass is 35.5. The summed E-state index contributed by atoms with van der Waals surface area (Å²) >= 11 is 6.07. The fourth-order valence-corrected chi connectivity index (χ4v) is 2.67. The SMILES string of the molecule is C#CCOC(=O)c1cc(-c2ccc(/C=C/C(=O)c3ccccc3)o2)ccc1Cl. The number of esters is 1. The number of benzene rings is 2. The number of carbonyl (C=O) groups is 2. The monoisotopic (exact) mass is 390 g/mol. The molecule has 4 nitrogen and oxygen atoms in total. The van der Waals surface area contributed by atoms with Gasteiger partial charge in [-0.15, -0.1) is 6.42 Å². The standard InChI is InChI=1S/C23H15ClO4/c1-2-14-27-23(26)19-15-17(8-11-20(19)24)22-13-10-18(28-22)9-12-21(25)16-6-4-3-5-7-16/h1,3-13,15H,14H2/b12-9+. The molecule has 0 N–H and O–H groups in total. The molecule has 0 radical (unpaired) electrons. The Morgan fingerprint density at radius 1 is 1.11 bits per heavy atom. The Balaban J connectivity index is 1.78. The Morgan fingerprint density at radius 3 is 2.64 bits per heavy atom. The van der Waals surface area contributed by atoms with Gasteiger partial charge < -0.3 is 9.15 Å². The maximum Gasteiger partial charge on any atom is 0.340 e. The molecular weight excluding hydrogens is 376 g/mol. The van der Waals surface area contributed by atoms with Crippen molar-refractivity contribution in [2.45, 2.75) is 0 Å². The summed E-state index contributed by atoms with van der Waals surface area (Å²) in [7, 11) is 0. The third-order valence-electron chi connectivity index (χ3n) is 3.84. The van der Waals surface area contributed by atoms with Gasteiger partial charge in [-0.1, -0.05) is 47.9 Å². The molecule has 0 atom stereocenters. The smallest absolute Gasteiger partial charge is 0.340 e. The lowest BCUT2D eigenvalue weighted by Gasteiger charge is -2.05. The highest BCUT2D eigenvalue weighted by Crippen LogP contribution is 2.28. The molecule has 2 aromatic carbocycles. The van der Waals surface area contributed by atoms with E-state index in [1.807, 2.05) is 6.07 Å². The van der Waals surface area contributed by atoms with Crippen molar-refractivity contribution in [1.29, 1.82) is 0 Å². The Labute approximate surface area is 167 Å². The number of halogens is 1. The van der Waals surface area contributed by atoms with E-state index in [1.165, 1.54) is 6.08 Å². The number of allylic oxidation sites excluding steroid dienone is 1. The zero-order chi connectivity index (χ0) is 19.9. The lowest BCUT2D eigenvalue weighted by Crippen LogP contribution is -2.06. The van der Waals surface area contributed by atoms with Gasteiger partial charge in [0.05, 0.1) is 10.6 Å². The molecule has 0 spiro atoms. The number of carbonyl (C=O) groups excluding carboxylic acids is 2. The first-order valence-electron chi connectivity index (χ1n) is 8.36. The van der Waals surface area contributed by atoms with Crippen molar-refractivity contribution in [1.82, 2.24) is 0 Å². The summed E-state index contributed by atoms with van der Waals surface area (Å²) in [5, 5.41) is 0.255. The fourth-order valence-electron chi connectivity index (χ4n) is 2.47. The Kier molecular flexibility index (Phi) is 6.11. The van der Waals surface area contributed by atoms with Crippen molar-refractivity contribution in [2.75, 3.05) is 6.61 Å². The van der Waals surface area contributed by atoms with Crippen LogP contribution in [0.25, 0.3) is 17.4 Å². The molecule has 0 bridgehead atoms. The number of ether oxygens (including phenoxy) is 1. The molecular formula is C23H15ClO4. The predicted molar refractivity (Wildman–Crippen MR) is 108 cm³/mol. The first-order chi connectivity index (χ1) is 13.6. The van der Waals surface area contributed by atoms with Crippen LogP contribution >= 0.6 is 11.6 Å². The summed E-state index contributed by atoms with van der Waals surface area (Å²) in [6, 6.07) is 17.3. The first kappa shape index (κ1) is 19.2. The second-order valence-corrected chi connectivity index (χ2v) is 6.15. The van der Waals surface area contributed by atoms with E-state index in [9.17, 15) is 9.59 Å². The molecule has 1 aromatic heterocycles. The number of terminal acetylenes is 1. The zero-order valence-electron chi connectivity index (χ0n) is 14.7. The normalized spacial score (nSPS) is 10.6. The van der Waals surface area contributed by atoms with Gasteiger partial charge in [-0.3, -0.25) is 4.79 Å². The quantitative estimate of drug-likeness (QED) is 0.248. The van der Waals surface area contributed by atoms with Gasteiger partial charge in [0.15, 0.2) is 12.4 Å². The Hall–Kier alpha value is -3.55. The molecule has 0 amide bonds. The average molecular weight is 391 g/mol. The number of hydrogen-bond donors (Lipinski definition) is 0. The van der Waals surface area contributed by atoms with E-state index in [4.69, 9.17) is 27.2 Å². The van der Waals surface area contributed by atoms with Crippen LogP contribution in [0.15, 0.2) is 71.2 Å². The predicted octanol–water partition coefficient (Wildman–Crippen LogP) is 5.29. The van der Waals surface area contributed by atoms with Crippen molar-refractivity contribution >= 4 is 29.4 Å². The molecule has 3 rings (SSSR count). The molecule has 5 heteroatoms. The van der Waals surface area contributed by atoms with E-state index >= 15 is 0 Å². The summed E-state index contributed by atoms with van der Waals surface area (Å²) in [4.78, 5) is 24.2. The third-order valence-corrected chi connectivity index (χ3v) is 4.17. The van der Waals surface area contributed by atoms with Crippen LogP contribution in [0.5, 0.6) is 0 Å². The molecule has 28 heavy (non-hydrogen) atoms. The average Bonchev–Trinajstić information content (AvgIpc) is 3.20. The minimum atomic E-state index is -0.607. The maximum absolute atomic E-state index is 12.1. The third kappa shape index (κ3) is 4.59. The van der Waals surface area contributed by atoms with Gasteiger partial charge in [-0.2, -0.15) is 0 Å². The molecule has 0 aliphatic carbocycles. The highest BCUT2D eigenvalue weighted by Gasteiger charge is 2.14. The van der Waals surface area contributed by atoms with Crippen molar-refractivity contribution in [2.24, 2.45) is 0 Å². The summed E-state index contributed by atoms with van der Waals surface area (Å²) in [6.45, 7) is -0.134. The molecule has 0 aliphatic rings. The van der Waals surface area contributed by atoms with Crippen LogP contribution in [-0.2, 0) is 4.74 Å². The van der Waals surface area contributed by atoms with Crippen LogP contribution in [0.4, 0.5) is 0 Å². The fraction of sp³-hybridized carbons (Fsp3) is 0.0435. The van der Waals surface area contributed by atoms with E-state index < -0.39 is 5.97 Å². The van der Waals surface area contributed by atoms with Crippen molar-refractivity contribution in [3.05, 3.63) is 88.6 Å². The zero-order valence-corrected chi connectivity index (χ0v) is 15.5. The topological polar surface area (TPSA) is 56.5 Å². The van der Waals surface area contributed by atoms with Crippen LogP contribution in [0.1, 0.15) is 26.5 Å². The van der Waals surface area contributed by atoms with Gasteiger partial charge in [-0.05, 0) is 42.5 Å². The lowest BCUT2D eigenvalue weighted by molar-refractivity contribution is 0.0557. The minimum Gasteiger partial charge on any atom is -0.457 e. The number of hydrogen-bond acceptors (Lipinski definition) is 4. The van der Waals surface area contributed by atoms with Crippen LogP contribution < -0.4 is 0 Å². The van der Waals surface area contributed by atoms with Crippen LogP contribution in [0.3, 0.4) is 0 Å². The lowest BCUT2D eigenvalue weighted by atomic mass is 10.1. The van der Waals surface area contributed by atoms with Crippen LogP contribution in [-0.4, -0.2) is 18.4 Å². The van der Waals surface area contributed by atoms with Gasteiger partial charge >= 0.3 is 5.97 Å². The molecule has 1 heterocycles. The Bertz CT molecular complexity index is 1070.